The summed E-state index contributed by atoms with van der Waals surface area (Å²) >= 11 is 0. The van der Waals surface area contributed by atoms with Crippen molar-refractivity contribution in [1.29, 1.82) is 0 Å². The van der Waals surface area contributed by atoms with Crippen molar-refractivity contribution < 1.29 is 19.7 Å². The third-order valence-corrected chi connectivity index (χ3v) is 5.62. The van der Waals surface area contributed by atoms with Crippen LogP contribution in [0, 0.1) is 11.8 Å². The molecule has 1 aromatic carbocycles. The van der Waals surface area contributed by atoms with Crippen molar-refractivity contribution in [2.45, 2.75) is 57.5 Å². The van der Waals surface area contributed by atoms with Crippen molar-refractivity contribution in [3.63, 3.8) is 0 Å². The average Bonchev–Trinajstić information content (AvgIpc) is 3.20. The largest absolute Gasteiger partial charge is 0.504 e. The molecule has 27 heavy (non-hydrogen) atoms. The van der Waals surface area contributed by atoms with Crippen LogP contribution in [0.1, 0.15) is 50.5 Å². The number of aryl methyl sites for hydroxylation is 1. The molecule has 1 aromatic rings. The number of carbonyl (C=O) groups excluding carboxylic acids is 1. The molecule has 0 amide bonds. The van der Waals surface area contributed by atoms with Crippen molar-refractivity contribution in [1.82, 2.24) is 0 Å². The molecule has 1 fully saturated rings. The van der Waals surface area contributed by atoms with Gasteiger partial charge in [-0.15, -0.1) is 0 Å². The lowest BCUT2D eigenvalue weighted by molar-refractivity contribution is -0.114. The zero-order valence-corrected chi connectivity index (χ0v) is 15.8. The second-order valence-corrected chi connectivity index (χ2v) is 7.67. The molecule has 0 bridgehead atoms. The second-order valence-electron chi connectivity index (χ2n) is 7.67. The predicted molar refractivity (Wildman–Crippen MR) is 106 cm³/mol. The van der Waals surface area contributed by atoms with E-state index in [0.29, 0.717) is 18.6 Å². The van der Waals surface area contributed by atoms with Crippen LogP contribution in [0.5, 0.6) is 11.5 Å². The van der Waals surface area contributed by atoms with Gasteiger partial charge in [-0.25, -0.2) is 0 Å². The van der Waals surface area contributed by atoms with Crippen LogP contribution in [0.4, 0.5) is 0 Å². The number of aromatic hydroxyl groups is 1. The molecule has 3 rings (SSSR count). The molecule has 4 nitrogen and oxygen atoms in total. The van der Waals surface area contributed by atoms with Crippen molar-refractivity contribution in [2.24, 2.45) is 11.8 Å². The van der Waals surface area contributed by atoms with Crippen molar-refractivity contribution in [3.8, 4) is 11.5 Å². The SMILES string of the molecule is O=C(C=C[C@@H]1CCC=C[C@@H]1CO)CCc1ccc(O)c(OC2CCCC2)c1. The number of benzene rings is 1. The monoisotopic (exact) mass is 370 g/mol. The molecule has 0 spiro atoms. The minimum absolute atomic E-state index is 0.0904. The van der Waals surface area contributed by atoms with Gasteiger partial charge in [0.25, 0.3) is 0 Å². The van der Waals surface area contributed by atoms with E-state index in [2.05, 4.69) is 6.08 Å². The first kappa shape index (κ1) is 19.7. The van der Waals surface area contributed by atoms with Crippen LogP contribution >= 0.6 is 0 Å². The standard InChI is InChI=1S/C23H30O4/c24-16-19-6-2-1-5-18(19)11-13-20(25)12-9-17-10-14-22(26)23(15-17)27-21-7-3-4-8-21/h2,6,10-11,13-15,18-19,21,24,26H,1,3-5,7-9,12,16H2/t18-,19+/m0/s1. The van der Waals surface area contributed by atoms with E-state index in [1.807, 2.05) is 24.3 Å². The summed E-state index contributed by atoms with van der Waals surface area (Å²) in [6.07, 6.45) is 15.4. The molecule has 4 heteroatoms. The number of aliphatic hydroxyl groups excluding tert-OH is 1. The summed E-state index contributed by atoms with van der Waals surface area (Å²) in [5.41, 5.74) is 0.997. The lowest BCUT2D eigenvalue weighted by atomic mass is 9.84. The maximum atomic E-state index is 12.2. The Bertz CT molecular complexity index is 686. The van der Waals surface area contributed by atoms with Gasteiger partial charge in [0, 0.05) is 18.9 Å². The first-order valence-corrected chi connectivity index (χ1v) is 10.1. The van der Waals surface area contributed by atoms with E-state index in [1.165, 1.54) is 12.8 Å². The van der Waals surface area contributed by atoms with E-state index in [9.17, 15) is 15.0 Å². The van der Waals surface area contributed by atoms with Crippen LogP contribution in [0.15, 0.2) is 42.5 Å². The van der Waals surface area contributed by atoms with Crippen molar-refractivity contribution >= 4 is 5.78 Å². The van der Waals surface area contributed by atoms with Crippen LogP contribution in [0.2, 0.25) is 0 Å². The van der Waals surface area contributed by atoms with Gasteiger partial charge in [0.15, 0.2) is 17.3 Å². The Hall–Kier alpha value is -2.07. The summed E-state index contributed by atoms with van der Waals surface area (Å²) in [6.45, 7) is 0.122. The molecule has 0 aliphatic heterocycles. The molecule has 0 unspecified atom stereocenters. The lowest BCUT2D eigenvalue weighted by Crippen LogP contribution is -2.17. The van der Waals surface area contributed by atoms with Crippen LogP contribution in [-0.2, 0) is 11.2 Å². The Balaban J connectivity index is 1.52. The number of phenols is 1. The predicted octanol–water partition coefficient (Wildman–Crippen LogP) is 4.35. The van der Waals surface area contributed by atoms with E-state index >= 15 is 0 Å². The number of hydrogen-bond acceptors (Lipinski definition) is 4. The zero-order valence-electron chi connectivity index (χ0n) is 15.8. The van der Waals surface area contributed by atoms with Crippen LogP contribution < -0.4 is 4.74 Å². The molecular formula is C23H30O4. The van der Waals surface area contributed by atoms with Crippen molar-refractivity contribution in [3.05, 3.63) is 48.1 Å². The summed E-state index contributed by atoms with van der Waals surface area (Å²) in [5, 5.41) is 19.4. The molecule has 2 N–H and O–H groups in total. The van der Waals surface area contributed by atoms with Gasteiger partial charge < -0.3 is 14.9 Å². The highest BCUT2D eigenvalue weighted by molar-refractivity contribution is 5.89. The number of allylic oxidation sites excluding steroid dienone is 3. The number of rotatable bonds is 8. The Labute approximate surface area is 161 Å². The summed E-state index contributed by atoms with van der Waals surface area (Å²) in [7, 11) is 0. The molecule has 0 saturated heterocycles. The average molecular weight is 370 g/mol. The van der Waals surface area contributed by atoms with E-state index in [-0.39, 0.29) is 36.1 Å². The Kier molecular flexibility index (Phi) is 7.11. The smallest absolute Gasteiger partial charge is 0.161 e. The number of ketones is 1. The third-order valence-electron chi connectivity index (χ3n) is 5.62. The Morgan fingerprint density at radius 2 is 2.04 bits per heavy atom. The Morgan fingerprint density at radius 1 is 1.22 bits per heavy atom. The minimum Gasteiger partial charge on any atom is -0.504 e. The van der Waals surface area contributed by atoms with Crippen LogP contribution in [-0.4, -0.2) is 28.7 Å². The first-order valence-electron chi connectivity index (χ1n) is 10.1. The molecule has 2 atom stereocenters. The fraction of sp³-hybridized carbons (Fsp3) is 0.522. The quantitative estimate of drug-likeness (QED) is 0.527. The summed E-state index contributed by atoms with van der Waals surface area (Å²) in [4.78, 5) is 12.2. The van der Waals surface area contributed by atoms with Gasteiger partial charge in [-0.2, -0.15) is 0 Å². The normalized spacial score (nSPS) is 23.1. The van der Waals surface area contributed by atoms with Gasteiger partial charge in [-0.1, -0.05) is 24.3 Å². The Morgan fingerprint density at radius 3 is 2.81 bits per heavy atom. The van der Waals surface area contributed by atoms with Gasteiger partial charge in [-0.05, 0) is 74.6 Å². The van der Waals surface area contributed by atoms with Crippen LogP contribution in [0.3, 0.4) is 0 Å². The molecular weight excluding hydrogens is 340 g/mol. The molecule has 0 radical (unpaired) electrons. The molecule has 2 aliphatic rings. The van der Waals surface area contributed by atoms with E-state index in [4.69, 9.17) is 4.74 Å². The number of ether oxygens (including phenoxy) is 1. The number of carbonyl (C=O) groups is 1. The summed E-state index contributed by atoms with van der Waals surface area (Å²) < 4.78 is 5.93. The number of phenolic OH excluding ortho intramolecular Hbond substituents is 1. The van der Waals surface area contributed by atoms with Gasteiger partial charge in [0.1, 0.15) is 0 Å². The molecule has 1 saturated carbocycles. The molecule has 0 heterocycles. The van der Waals surface area contributed by atoms with Crippen LogP contribution in [0.25, 0.3) is 0 Å². The number of hydrogen-bond donors (Lipinski definition) is 2. The third kappa shape index (κ3) is 5.70. The highest BCUT2D eigenvalue weighted by Gasteiger charge is 2.19. The van der Waals surface area contributed by atoms with Gasteiger partial charge in [0.2, 0.25) is 0 Å². The van der Waals surface area contributed by atoms with Gasteiger partial charge >= 0.3 is 0 Å². The number of aliphatic hydroxyl groups is 1. The molecule has 2 aliphatic carbocycles. The van der Waals surface area contributed by atoms with E-state index < -0.39 is 0 Å². The molecule has 0 aromatic heterocycles. The van der Waals surface area contributed by atoms with Gasteiger partial charge in [0.05, 0.1) is 6.10 Å². The lowest BCUT2D eigenvalue weighted by Gasteiger charge is -2.22. The summed E-state index contributed by atoms with van der Waals surface area (Å²) in [6, 6.07) is 5.36. The fourth-order valence-corrected chi connectivity index (χ4v) is 3.93. The van der Waals surface area contributed by atoms with E-state index in [0.717, 1.165) is 31.2 Å². The van der Waals surface area contributed by atoms with Crippen molar-refractivity contribution in [2.75, 3.05) is 6.61 Å². The maximum Gasteiger partial charge on any atom is 0.161 e. The summed E-state index contributed by atoms with van der Waals surface area (Å²) in [5.74, 6) is 1.14. The minimum atomic E-state index is 0.0904. The highest BCUT2D eigenvalue weighted by atomic mass is 16.5. The van der Waals surface area contributed by atoms with E-state index in [1.54, 1.807) is 12.1 Å². The highest BCUT2D eigenvalue weighted by Crippen LogP contribution is 2.32. The zero-order chi connectivity index (χ0) is 19.1. The fourth-order valence-electron chi connectivity index (χ4n) is 3.93. The van der Waals surface area contributed by atoms with Gasteiger partial charge in [-0.3, -0.25) is 4.79 Å². The molecule has 146 valence electrons. The first-order chi connectivity index (χ1) is 13.2. The topological polar surface area (TPSA) is 66.8 Å². The maximum absolute atomic E-state index is 12.2. The second kappa shape index (κ2) is 9.75.